The first-order valence-electron chi connectivity index (χ1n) is 12.1. The Balaban J connectivity index is 1.75. The number of tetrazole rings is 1. The molecule has 1 atom stereocenters. The summed E-state index contributed by atoms with van der Waals surface area (Å²) >= 11 is 0. The minimum Gasteiger partial charge on any atom is -0.468 e. The highest BCUT2D eigenvalue weighted by atomic mass is 16.5. The summed E-state index contributed by atoms with van der Waals surface area (Å²) in [6, 6.07) is 9.45. The summed E-state index contributed by atoms with van der Waals surface area (Å²) in [5.41, 5.74) is 3.48. The lowest BCUT2D eigenvalue weighted by Crippen LogP contribution is -2.35. The Morgan fingerprint density at radius 3 is 2.72 bits per heavy atom. The number of carbonyl (C=O) groups is 1. The van der Waals surface area contributed by atoms with Crippen LogP contribution in [-0.4, -0.2) is 42.7 Å². The number of benzene rings is 1. The number of hydrogen-bond donors (Lipinski definition) is 1. The zero-order valence-electron chi connectivity index (χ0n) is 21.3. The Labute approximate surface area is 209 Å². The van der Waals surface area contributed by atoms with E-state index in [-0.39, 0.29) is 30.7 Å². The molecule has 1 unspecified atom stereocenters. The Bertz CT molecular complexity index is 1390. The minimum atomic E-state index is -0.414. The zero-order valence-corrected chi connectivity index (χ0v) is 21.3. The summed E-state index contributed by atoms with van der Waals surface area (Å²) < 4.78 is 12.2. The number of furan rings is 1. The second-order valence-electron chi connectivity index (χ2n) is 9.34. The standard InChI is InChI=1S/C26H32N6O4/c1-6-35-23(33)15-32-25(28-29-30-32)24(16(2)3)31(14-20-8-7-9-36-20)13-19-12-21-18(5)10-17(4)11-22(21)27-26(19)34/h7-12,16,24H,6,13-15H2,1-5H3,(H,27,34). The van der Waals surface area contributed by atoms with Crippen molar-refractivity contribution in [1.29, 1.82) is 0 Å². The normalized spacial score (nSPS) is 12.5. The Morgan fingerprint density at radius 1 is 1.22 bits per heavy atom. The van der Waals surface area contributed by atoms with Crippen LogP contribution >= 0.6 is 0 Å². The molecule has 3 heterocycles. The van der Waals surface area contributed by atoms with Crippen molar-refractivity contribution < 1.29 is 13.9 Å². The first kappa shape index (κ1) is 25.3. The molecule has 0 saturated heterocycles. The van der Waals surface area contributed by atoms with Crippen LogP contribution in [0.3, 0.4) is 0 Å². The molecule has 0 fully saturated rings. The maximum atomic E-state index is 13.1. The van der Waals surface area contributed by atoms with E-state index in [1.807, 2.05) is 38.1 Å². The summed E-state index contributed by atoms with van der Waals surface area (Å²) in [6.45, 7) is 10.9. The van der Waals surface area contributed by atoms with Gasteiger partial charge in [-0.2, -0.15) is 0 Å². The number of pyridine rings is 1. The molecule has 36 heavy (non-hydrogen) atoms. The van der Waals surface area contributed by atoms with Gasteiger partial charge in [-0.1, -0.05) is 19.9 Å². The molecule has 0 saturated carbocycles. The summed E-state index contributed by atoms with van der Waals surface area (Å²) in [6.07, 6.45) is 1.62. The van der Waals surface area contributed by atoms with Gasteiger partial charge in [-0.15, -0.1) is 5.10 Å². The lowest BCUT2D eigenvalue weighted by molar-refractivity contribution is -0.144. The molecule has 4 rings (SSSR count). The molecule has 1 aromatic carbocycles. The summed E-state index contributed by atoms with van der Waals surface area (Å²) in [5, 5.41) is 13.2. The number of H-pyrrole nitrogens is 1. The van der Waals surface area contributed by atoms with E-state index in [1.54, 1.807) is 13.2 Å². The van der Waals surface area contributed by atoms with E-state index in [9.17, 15) is 9.59 Å². The van der Waals surface area contributed by atoms with Crippen molar-refractivity contribution in [2.45, 2.75) is 60.3 Å². The predicted molar refractivity (Wildman–Crippen MR) is 134 cm³/mol. The lowest BCUT2D eigenvalue weighted by atomic mass is 9.99. The molecular weight excluding hydrogens is 460 g/mol. The number of nitrogens with one attached hydrogen (secondary N) is 1. The summed E-state index contributed by atoms with van der Waals surface area (Å²) in [5.74, 6) is 0.904. The van der Waals surface area contributed by atoms with Gasteiger partial charge in [0.05, 0.1) is 25.5 Å². The van der Waals surface area contributed by atoms with E-state index in [4.69, 9.17) is 9.15 Å². The summed E-state index contributed by atoms with van der Waals surface area (Å²) in [4.78, 5) is 30.5. The largest absolute Gasteiger partial charge is 0.468 e. The first-order chi connectivity index (χ1) is 17.3. The second kappa shape index (κ2) is 10.9. The number of rotatable bonds is 10. The highest BCUT2D eigenvalue weighted by molar-refractivity contribution is 5.83. The van der Waals surface area contributed by atoms with Gasteiger partial charge in [0.25, 0.3) is 5.56 Å². The van der Waals surface area contributed by atoms with E-state index in [1.165, 1.54) is 4.68 Å². The molecule has 4 aromatic rings. The number of carbonyl (C=O) groups excluding carboxylic acids is 1. The molecule has 190 valence electrons. The maximum absolute atomic E-state index is 13.1. The average Bonchev–Trinajstić information content (AvgIpc) is 3.47. The first-order valence-corrected chi connectivity index (χ1v) is 12.1. The molecule has 10 nitrogen and oxygen atoms in total. The zero-order chi connectivity index (χ0) is 25.8. The Kier molecular flexibility index (Phi) is 7.64. The molecule has 3 aromatic heterocycles. The lowest BCUT2D eigenvalue weighted by Gasteiger charge is -2.32. The van der Waals surface area contributed by atoms with Crippen LogP contribution in [0.25, 0.3) is 10.9 Å². The van der Waals surface area contributed by atoms with Crippen molar-refractivity contribution in [1.82, 2.24) is 30.1 Å². The number of nitrogens with zero attached hydrogens (tertiary/aromatic N) is 5. The second-order valence-corrected chi connectivity index (χ2v) is 9.34. The molecule has 0 spiro atoms. The molecule has 0 aliphatic heterocycles. The fourth-order valence-electron chi connectivity index (χ4n) is 4.66. The van der Waals surface area contributed by atoms with Crippen molar-refractivity contribution in [3.63, 3.8) is 0 Å². The SMILES string of the molecule is CCOC(=O)Cn1nnnc1C(C(C)C)N(Cc1ccco1)Cc1cc2c(C)cc(C)cc2[nH]c1=O. The number of fused-ring (bicyclic) bond motifs is 1. The van der Waals surface area contributed by atoms with Gasteiger partial charge in [0.1, 0.15) is 12.3 Å². The Morgan fingerprint density at radius 2 is 2.03 bits per heavy atom. The van der Waals surface area contributed by atoms with Crippen LogP contribution in [0.1, 0.15) is 55.1 Å². The topological polar surface area (TPSA) is 119 Å². The third kappa shape index (κ3) is 5.54. The smallest absolute Gasteiger partial charge is 0.327 e. The van der Waals surface area contributed by atoms with Gasteiger partial charge in [0.15, 0.2) is 5.82 Å². The van der Waals surface area contributed by atoms with Crippen LogP contribution in [0.5, 0.6) is 0 Å². The third-order valence-corrected chi connectivity index (χ3v) is 6.14. The maximum Gasteiger partial charge on any atom is 0.327 e. The molecular formula is C26H32N6O4. The highest BCUT2D eigenvalue weighted by Gasteiger charge is 2.31. The van der Waals surface area contributed by atoms with Crippen LogP contribution in [0, 0.1) is 19.8 Å². The van der Waals surface area contributed by atoms with Crippen LogP contribution in [0.4, 0.5) is 0 Å². The molecule has 0 bridgehead atoms. The fourth-order valence-corrected chi connectivity index (χ4v) is 4.66. The van der Waals surface area contributed by atoms with E-state index in [0.717, 1.165) is 27.8 Å². The van der Waals surface area contributed by atoms with E-state index in [2.05, 4.69) is 45.3 Å². The van der Waals surface area contributed by atoms with Gasteiger partial charge in [-0.3, -0.25) is 14.5 Å². The van der Waals surface area contributed by atoms with Crippen molar-refractivity contribution >= 4 is 16.9 Å². The van der Waals surface area contributed by atoms with Gasteiger partial charge in [-0.05, 0) is 72.5 Å². The van der Waals surface area contributed by atoms with Crippen molar-refractivity contribution in [2.75, 3.05) is 6.61 Å². The van der Waals surface area contributed by atoms with Gasteiger partial charge < -0.3 is 14.1 Å². The molecule has 0 aliphatic rings. The number of aromatic nitrogens is 5. The van der Waals surface area contributed by atoms with Crippen LogP contribution in [-0.2, 0) is 29.2 Å². The molecule has 1 N–H and O–H groups in total. The number of aromatic amines is 1. The molecule has 0 aliphatic carbocycles. The van der Waals surface area contributed by atoms with Crippen LogP contribution in [0.2, 0.25) is 0 Å². The van der Waals surface area contributed by atoms with Crippen molar-refractivity contribution in [3.8, 4) is 0 Å². The molecule has 0 amide bonds. The van der Waals surface area contributed by atoms with E-state index in [0.29, 0.717) is 24.5 Å². The number of hydrogen-bond acceptors (Lipinski definition) is 8. The molecule has 0 radical (unpaired) electrons. The van der Waals surface area contributed by atoms with Gasteiger partial charge >= 0.3 is 5.97 Å². The van der Waals surface area contributed by atoms with Crippen molar-refractivity contribution in [2.24, 2.45) is 5.92 Å². The number of aryl methyl sites for hydroxylation is 2. The van der Waals surface area contributed by atoms with Crippen LogP contribution < -0.4 is 5.56 Å². The number of esters is 1. The fraction of sp³-hybridized carbons (Fsp3) is 0.423. The van der Waals surface area contributed by atoms with Crippen LogP contribution in [0.15, 0.2) is 45.8 Å². The molecule has 10 heteroatoms. The van der Waals surface area contributed by atoms with E-state index < -0.39 is 5.97 Å². The quantitative estimate of drug-likeness (QED) is 0.333. The summed E-state index contributed by atoms with van der Waals surface area (Å²) in [7, 11) is 0. The van der Waals surface area contributed by atoms with Gasteiger partial charge in [-0.25, -0.2) is 4.68 Å². The van der Waals surface area contributed by atoms with E-state index >= 15 is 0 Å². The Hall–Kier alpha value is -3.79. The monoisotopic (exact) mass is 492 g/mol. The minimum absolute atomic E-state index is 0.0517. The number of ether oxygens (including phenoxy) is 1. The third-order valence-electron chi connectivity index (χ3n) is 6.14. The predicted octanol–water partition coefficient (Wildman–Crippen LogP) is 3.69. The van der Waals surface area contributed by atoms with Gasteiger partial charge in [0, 0.05) is 23.0 Å². The average molecular weight is 493 g/mol. The van der Waals surface area contributed by atoms with Gasteiger partial charge in [0.2, 0.25) is 0 Å². The highest BCUT2D eigenvalue weighted by Crippen LogP contribution is 2.30. The van der Waals surface area contributed by atoms with Crippen molar-refractivity contribution in [3.05, 3.63) is 75.2 Å².